The van der Waals surface area contributed by atoms with Crippen molar-refractivity contribution in [3.8, 4) is 11.4 Å². The number of rotatable bonds is 6. The Hall–Kier alpha value is -2.96. The van der Waals surface area contributed by atoms with E-state index in [0.717, 1.165) is 42.7 Å². The van der Waals surface area contributed by atoms with Gasteiger partial charge in [-0.2, -0.15) is 0 Å². The number of amides is 1. The number of nitrogens with one attached hydrogen (secondary N) is 3. The van der Waals surface area contributed by atoms with E-state index in [1.165, 1.54) is 6.33 Å². The highest BCUT2D eigenvalue weighted by molar-refractivity contribution is 5.95. The Kier molecular flexibility index (Phi) is 4.05. The van der Waals surface area contributed by atoms with Crippen molar-refractivity contribution in [3.63, 3.8) is 0 Å². The van der Waals surface area contributed by atoms with Crippen molar-refractivity contribution < 1.29 is 4.79 Å². The van der Waals surface area contributed by atoms with E-state index in [-0.39, 0.29) is 5.91 Å². The number of aromatic amines is 1. The Labute approximate surface area is 145 Å². The van der Waals surface area contributed by atoms with Gasteiger partial charge in [-0.15, -0.1) is 0 Å². The molecule has 1 saturated carbocycles. The highest BCUT2D eigenvalue weighted by atomic mass is 16.1. The lowest BCUT2D eigenvalue weighted by molar-refractivity contribution is 0.0951. The van der Waals surface area contributed by atoms with Crippen LogP contribution in [0.15, 0.2) is 30.6 Å². The molecule has 0 spiro atoms. The van der Waals surface area contributed by atoms with Gasteiger partial charge in [-0.25, -0.2) is 15.0 Å². The smallest absolute Gasteiger partial charge is 0.251 e. The Balaban J connectivity index is 1.59. The Morgan fingerprint density at radius 2 is 2.04 bits per heavy atom. The van der Waals surface area contributed by atoms with Gasteiger partial charge in [0.05, 0.1) is 0 Å². The zero-order valence-corrected chi connectivity index (χ0v) is 14.0. The molecule has 25 heavy (non-hydrogen) atoms. The van der Waals surface area contributed by atoms with Crippen LogP contribution in [-0.2, 0) is 0 Å². The van der Waals surface area contributed by atoms with Crippen LogP contribution in [0.5, 0.6) is 0 Å². The molecule has 7 heteroatoms. The number of H-pyrrole nitrogens is 1. The van der Waals surface area contributed by atoms with Crippen LogP contribution >= 0.6 is 0 Å². The minimum atomic E-state index is -0.0180. The van der Waals surface area contributed by atoms with Gasteiger partial charge in [0.2, 0.25) is 0 Å². The Morgan fingerprint density at radius 1 is 1.24 bits per heavy atom. The van der Waals surface area contributed by atoms with Crippen molar-refractivity contribution in [2.45, 2.75) is 32.2 Å². The fourth-order valence-electron chi connectivity index (χ4n) is 2.62. The van der Waals surface area contributed by atoms with Gasteiger partial charge in [0, 0.05) is 23.7 Å². The monoisotopic (exact) mass is 336 g/mol. The summed E-state index contributed by atoms with van der Waals surface area (Å²) in [7, 11) is 0. The molecule has 128 valence electrons. The summed E-state index contributed by atoms with van der Waals surface area (Å²) in [5.41, 5.74) is 2.99. The molecule has 2 heterocycles. The van der Waals surface area contributed by atoms with Gasteiger partial charge >= 0.3 is 0 Å². The number of hydrogen-bond donors (Lipinski definition) is 3. The summed E-state index contributed by atoms with van der Waals surface area (Å²) in [5.74, 6) is 1.45. The number of imidazole rings is 1. The van der Waals surface area contributed by atoms with Crippen LogP contribution in [0.1, 0.15) is 36.5 Å². The summed E-state index contributed by atoms with van der Waals surface area (Å²) in [6.45, 7) is 2.94. The van der Waals surface area contributed by atoms with E-state index in [2.05, 4.69) is 37.5 Å². The summed E-state index contributed by atoms with van der Waals surface area (Å²) in [6, 6.07) is 7.79. The first-order chi connectivity index (χ1) is 12.2. The number of carbonyl (C=O) groups is 1. The van der Waals surface area contributed by atoms with Crippen molar-refractivity contribution in [1.29, 1.82) is 0 Å². The van der Waals surface area contributed by atoms with Crippen LogP contribution in [-0.4, -0.2) is 38.4 Å². The molecule has 1 aliphatic rings. The van der Waals surface area contributed by atoms with E-state index in [0.29, 0.717) is 23.1 Å². The van der Waals surface area contributed by atoms with E-state index < -0.39 is 0 Å². The number of anilines is 1. The van der Waals surface area contributed by atoms with Gasteiger partial charge in [0.15, 0.2) is 11.5 Å². The zero-order valence-electron chi connectivity index (χ0n) is 14.0. The quantitative estimate of drug-likeness (QED) is 0.643. The molecule has 3 N–H and O–H groups in total. The molecule has 2 aromatic heterocycles. The number of fused-ring (bicyclic) bond motifs is 1. The van der Waals surface area contributed by atoms with Crippen molar-refractivity contribution in [3.05, 3.63) is 36.2 Å². The maximum Gasteiger partial charge on any atom is 0.251 e. The minimum Gasteiger partial charge on any atom is -0.368 e. The summed E-state index contributed by atoms with van der Waals surface area (Å²) in [6.07, 6.45) is 4.68. The van der Waals surface area contributed by atoms with E-state index >= 15 is 0 Å². The molecule has 3 aromatic rings. The fraction of sp³-hybridized carbons (Fsp3) is 0.333. The highest BCUT2D eigenvalue weighted by Gasteiger charge is 2.23. The summed E-state index contributed by atoms with van der Waals surface area (Å²) < 4.78 is 0. The third-order valence-corrected chi connectivity index (χ3v) is 4.16. The second kappa shape index (κ2) is 6.51. The minimum absolute atomic E-state index is 0.0180. The van der Waals surface area contributed by atoms with Gasteiger partial charge in [0.1, 0.15) is 17.7 Å². The summed E-state index contributed by atoms with van der Waals surface area (Å²) >= 11 is 0. The first kappa shape index (κ1) is 15.6. The van der Waals surface area contributed by atoms with E-state index in [4.69, 9.17) is 0 Å². The topological polar surface area (TPSA) is 95.6 Å². The second-order valence-electron chi connectivity index (χ2n) is 6.26. The SMILES string of the molecule is CCCNc1ncnc2nc(-c3ccc(C(=O)NC4CC4)cc3)[nH]c12. The lowest BCUT2D eigenvalue weighted by Gasteiger charge is -2.04. The average molecular weight is 336 g/mol. The molecule has 1 aliphatic carbocycles. The van der Waals surface area contributed by atoms with Crippen molar-refractivity contribution in [2.24, 2.45) is 0 Å². The van der Waals surface area contributed by atoms with Crippen LogP contribution in [0.2, 0.25) is 0 Å². The number of hydrogen-bond acceptors (Lipinski definition) is 5. The maximum absolute atomic E-state index is 12.1. The van der Waals surface area contributed by atoms with Crippen LogP contribution in [0.4, 0.5) is 5.82 Å². The van der Waals surface area contributed by atoms with Gasteiger partial charge in [-0.1, -0.05) is 19.1 Å². The lowest BCUT2D eigenvalue weighted by Crippen LogP contribution is -2.25. The molecule has 1 fully saturated rings. The number of benzene rings is 1. The predicted molar refractivity (Wildman–Crippen MR) is 96.4 cm³/mol. The van der Waals surface area contributed by atoms with Gasteiger partial charge < -0.3 is 15.6 Å². The average Bonchev–Trinajstić information content (AvgIpc) is 3.34. The molecule has 0 bridgehead atoms. The fourth-order valence-corrected chi connectivity index (χ4v) is 2.62. The Bertz CT molecular complexity index is 898. The van der Waals surface area contributed by atoms with Crippen molar-refractivity contribution in [1.82, 2.24) is 25.3 Å². The molecule has 7 nitrogen and oxygen atoms in total. The zero-order chi connectivity index (χ0) is 17.2. The molecule has 0 unspecified atom stereocenters. The molecule has 0 saturated heterocycles. The van der Waals surface area contributed by atoms with Gasteiger partial charge in [-0.3, -0.25) is 4.79 Å². The van der Waals surface area contributed by atoms with E-state index in [1.54, 1.807) is 0 Å². The van der Waals surface area contributed by atoms with Crippen LogP contribution in [0, 0.1) is 0 Å². The first-order valence-corrected chi connectivity index (χ1v) is 8.60. The molecular weight excluding hydrogens is 316 g/mol. The summed E-state index contributed by atoms with van der Waals surface area (Å²) in [4.78, 5) is 28.4. The lowest BCUT2D eigenvalue weighted by atomic mass is 10.1. The standard InChI is InChI=1S/C18H20N6O/c1-2-9-19-16-14-17(21-10-20-16)24-15(23-14)11-3-5-12(6-4-11)18(25)22-13-7-8-13/h3-6,10,13H,2,7-9H2,1H3,(H,22,25)(H2,19,20,21,23,24). The first-order valence-electron chi connectivity index (χ1n) is 8.60. The maximum atomic E-state index is 12.1. The largest absolute Gasteiger partial charge is 0.368 e. The highest BCUT2D eigenvalue weighted by Crippen LogP contribution is 2.24. The van der Waals surface area contributed by atoms with E-state index in [9.17, 15) is 4.79 Å². The predicted octanol–water partition coefficient (Wildman–Crippen LogP) is 2.73. The molecule has 0 atom stereocenters. The molecule has 1 amide bonds. The summed E-state index contributed by atoms with van der Waals surface area (Å²) in [5, 5.41) is 6.26. The van der Waals surface area contributed by atoms with Gasteiger partial charge in [0.25, 0.3) is 5.91 Å². The molecule has 0 aliphatic heterocycles. The third-order valence-electron chi connectivity index (χ3n) is 4.16. The molecule has 1 aromatic carbocycles. The number of nitrogens with zero attached hydrogens (tertiary/aromatic N) is 3. The van der Waals surface area contributed by atoms with Crippen LogP contribution < -0.4 is 10.6 Å². The van der Waals surface area contributed by atoms with Crippen molar-refractivity contribution >= 4 is 22.9 Å². The van der Waals surface area contributed by atoms with Crippen LogP contribution in [0.3, 0.4) is 0 Å². The van der Waals surface area contributed by atoms with E-state index in [1.807, 2.05) is 24.3 Å². The third kappa shape index (κ3) is 3.31. The molecule has 4 rings (SSSR count). The second-order valence-corrected chi connectivity index (χ2v) is 6.26. The molecule has 0 radical (unpaired) electrons. The number of aromatic nitrogens is 4. The number of carbonyl (C=O) groups excluding carboxylic acids is 1. The van der Waals surface area contributed by atoms with Crippen LogP contribution in [0.25, 0.3) is 22.6 Å². The Morgan fingerprint density at radius 3 is 2.76 bits per heavy atom. The normalized spacial score (nSPS) is 13.8. The van der Waals surface area contributed by atoms with Crippen molar-refractivity contribution in [2.75, 3.05) is 11.9 Å². The molecular formula is C18H20N6O. The van der Waals surface area contributed by atoms with Gasteiger partial charge in [-0.05, 0) is 31.4 Å².